The van der Waals surface area contributed by atoms with Gasteiger partial charge in [0.05, 0.1) is 0 Å². The molecule has 0 aromatic rings. The lowest BCUT2D eigenvalue weighted by Crippen LogP contribution is -2.30. The van der Waals surface area contributed by atoms with Crippen LogP contribution in [-0.4, -0.2) is 37.2 Å². The second kappa shape index (κ2) is 65.6. The van der Waals surface area contributed by atoms with Crippen molar-refractivity contribution in [1.82, 2.24) is 0 Å². The molecule has 448 valence electrons. The van der Waals surface area contributed by atoms with E-state index in [1.54, 1.807) is 0 Å². The lowest BCUT2D eigenvalue weighted by atomic mass is 10.0. The fraction of sp³-hybridized carbons (Fsp3) is 0.817. The minimum absolute atomic E-state index is 0.0775. The zero-order valence-corrected chi connectivity index (χ0v) is 51.5. The molecule has 0 aliphatic carbocycles. The number of hydrogen-bond donors (Lipinski definition) is 0. The Morgan fingerprint density at radius 1 is 0.260 bits per heavy atom. The van der Waals surface area contributed by atoms with Crippen LogP contribution in [0.5, 0.6) is 0 Å². The van der Waals surface area contributed by atoms with Gasteiger partial charge in [-0.25, -0.2) is 0 Å². The van der Waals surface area contributed by atoms with E-state index in [0.29, 0.717) is 19.3 Å². The Balaban J connectivity index is 4.34. The predicted octanol–water partition coefficient (Wildman–Crippen LogP) is 23.1. The summed E-state index contributed by atoms with van der Waals surface area (Å²) in [6, 6.07) is 0. The summed E-state index contributed by atoms with van der Waals surface area (Å²) in [6.45, 7) is 6.65. The van der Waals surface area contributed by atoms with Crippen LogP contribution in [0.15, 0.2) is 60.8 Å². The molecular formula is C71H128O6. The van der Waals surface area contributed by atoms with Crippen molar-refractivity contribution in [3.8, 4) is 0 Å². The van der Waals surface area contributed by atoms with Gasteiger partial charge < -0.3 is 14.2 Å². The number of unbranched alkanes of at least 4 members (excludes halogenated alkanes) is 41. The first-order valence-corrected chi connectivity index (χ1v) is 33.8. The van der Waals surface area contributed by atoms with Crippen LogP contribution >= 0.6 is 0 Å². The van der Waals surface area contributed by atoms with E-state index in [1.165, 1.54) is 238 Å². The number of esters is 3. The number of carbonyl (C=O) groups excluding carboxylic acids is 3. The van der Waals surface area contributed by atoms with Gasteiger partial charge in [-0.3, -0.25) is 14.4 Å². The van der Waals surface area contributed by atoms with Crippen LogP contribution < -0.4 is 0 Å². The highest BCUT2D eigenvalue weighted by Crippen LogP contribution is 2.17. The summed E-state index contributed by atoms with van der Waals surface area (Å²) < 4.78 is 17.0. The fourth-order valence-corrected chi connectivity index (χ4v) is 9.85. The molecule has 0 aromatic heterocycles. The highest BCUT2D eigenvalue weighted by molar-refractivity contribution is 5.71. The molecule has 1 atom stereocenters. The number of hydrogen-bond acceptors (Lipinski definition) is 6. The largest absolute Gasteiger partial charge is 0.462 e. The third-order valence-corrected chi connectivity index (χ3v) is 15.0. The third kappa shape index (κ3) is 63.8. The average molecular weight is 1080 g/mol. The molecule has 0 aliphatic heterocycles. The minimum Gasteiger partial charge on any atom is -0.462 e. The molecule has 1 unspecified atom stereocenters. The third-order valence-electron chi connectivity index (χ3n) is 15.0. The van der Waals surface area contributed by atoms with E-state index in [4.69, 9.17) is 14.2 Å². The zero-order valence-electron chi connectivity index (χ0n) is 51.5. The van der Waals surface area contributed by atoms with Gasteiger partial charge in [-0.1, -0.05) is 287 Å². The highest BCUT2D eigenvalue weighted by Gasteiger charge is 2.19. The molecule has 0 radical (unpaired) electrons. The molecule has 6 heteroatoms. The molecule has 0 saturated heterocycles. The molecule has 6 nitrogen and oxygen atoms in total. The maximum atomic E-state index is 12.9. The molecule has 0 saturated carbocycles. The maximum Gasteiger partial charge on any atom is 0.306 e. The summed E-state index contributed by atoms with van der Waals surface area (Å²) in [5.41, 5.74) is 0. The number of allylic oxidation sites excluding steroid dienone is 10. The fourth-order valence-electron chi connectivity index (χ4n) is 9.85. The van der Waals surface area contributed by atoms with E-state index in [-0.39, 0.29) is 31.1 Å². The first-order valence-electron chi connectivity index (χ1n) is 33.8. The van der Waals surface area contributed by atoms with E-state index in [9.17, 15) is 14.4 Å². The van der Waals surface area contributed by atoms with Gasteiger partial charge in [0, 0.05) is 19.3 Å². The van der Waals surface area contributed by atoms with Gasteiger partial charge >= 0.3 is 17.9 Å². The Labute approximate surface area is 479 Å². The maximum absolute atomic E-state index is 12.9. The average Bonchev–Trinajstić information content (AvgIpc) is 3.43. The lowest BCUT2D eigenvalue weighted by Gasteiger charge is -2.18. The van der Waals surface area contributed by atoms with E-state index in [0.717, 1.165) is 77.0 Å². The standard InChI is InChI=1S/C71H128O6/c1-4-7-10-13-16-19-22-25-28-30-32-34-35-37-38-40-43-46-49-52-55-58-61-64-70(73)76-67-68(66-75-69(72)63-60-57-54-51-48-45-42-27-24-21-18-15-12-9-6-3)77-71(74)65-62-59-56-53-50-47-44-41-39-36-33-31-29-26-23-20-17-14-11-8-5-2/h22-23,25-27,30-33,42,68H,4-21,24,28-29,34-41,43-67H2,1-3H3/b25-22-,26-23-,32-30-,33-31-,42-27-. The summed E-state index contributed by atoms with van der Waals surface area (Å²) >= 11 is 0. The summed E-state index contributed by atoms with van der Waals surface area (Å²) in [5.74, 6) is -0.873. The van der Waals surface area contributed by atoms with Crippen molar-refractivity contribution in [1.29, 1.82) is 0 Å². The summed E-state index contributed by atoms with van der Waals surface area (Å²) in [6.07, 6.45) is 83.7. The van der Waals surface area contributed by atoms with Gasteiger partial charge in [-0.05, 0) is 109 Å². The van der Waals surface area contributed by atoms with E-state index in [1.807, 2.05) is 0 Å². The SMILES string of the molecule is CCCCCCC/C=C\C/C=C\CCCCCCCCCCCCCC(=O)OCC(COC(=O)CCCCCCC/C=C\CCCCCCCC)OC(=O)CCCCCCCCCCC/C=C\C/C=C\CCCCCCC. The van der Waals surface area contributed by atoms with Gasteiger partial charge in [0.25, 0.3) is 0 Å². The Kier molecular flexibility index (Phi) is 63.2. The molecule has 0 heterocycles. The van der Waals surface area contributed by atoms with Gasteiger partial charge in [0.1, 0.15) is 13.2 Å². The summed E-state index contributed by atoms with van der Waals surface area (Å²) in [4.78, 5) is 38.4. The molecule has 0 amide bonds. The molecule has 0 bridgehead atoms. The van der Waals surface area contributed by atoms with Crippen LogP contribution in [0, 0.1) is 0 Å². The first-order chi connectivity index (χ1) is 38.0. The monoisotopic (exact) mass is 1080 g/mol. The van der Waals surface area contributed by atoms with Crippen molar-refractivity contribution in [2.45, 2.75) is 361 Å². The lowest BCUT2D eigenvalue weighted by molar-refractivity contribution is -0.167. The second-order valence-corrected chi connectivity index (χ2v) is 22.7. The quantitative estimate of drug-likeness (QED) is 0.0261. The van der Waals surface area contributed by atoms with Crippen LogP contribution in [0.3, 0.4) is 0 Å². The normalized spacial score (nSPS) is 12.4. The molecule has 0 fully saturated rings. The van der Waals surface area contributed by atoms with Gasteiger partial charge in [-0.2, -0.15) is 0 Å². The van der Waals surface area contributed by atoms with Crippen LogP contribution in [0.25, 0.3) is 0 Å². The molecule has 0 aromatic carbocycles. The molecule has 77 heavy (non-hydrogen) atoms. The van der Waals surface area contributed by atoms with Crippen LogP contribution in [-0.2, 0) is 28.6 Å². The van der Waals surface area contributed by atoms with Gasteiger partial charge in [-0.15, -0.1) is 0 Å². The summed E-state index contributed by atoms with van der Waals surface area (Å²) in [7, 11) is 0. The zero-order chi connectivity index (χ0) is 55.7. The molecular weight excluding hydrogens is 949 g/mol. The van der Waals surface area contributed by atoms with Gasteiger partial charge in [0.2, 0.25) is 0 Å². The first kappa shape index (κ1) is 74.1. The summed E-state index contributed by atoms with van der Waals surface area (Å²) in [5, 5.41) is 0. The minimum atomic E-state index is -0.782. The van der Waals surface area contributed by atoms with E-state index >= 15 is 0 Å². The Morgan fingerprint density at radius 3 is 0.727 bits per heavy atom. The number of carbonyl (C=O) groups is 3. The van der Waals surface area contributed by atoms with Crippen LogP contribution in [0.2, 0.25) is 0 Å². The molecule has 0 rings (SSSR count). The second-order valence-electron chi connectivity index (χ2n) is 22.7. The Bertz CT molecular complexity index is 1380. The van der Waals surface area contributed by atoms with E-state index in [2.05, 4.69) is 81.5 Å². The highest BCUT2D eigenvalue weighted by atomic mass is 16.6. The van der Waals surface area contributed by atoms with Crippen molar-refractivity contribution in [2.24, 2.45) is 0 Å². The molecule has 0 N–H and O–H groups in total. The molecule has 0 spiro atoms. The van der Waals surface area contributed by atoms with Crippen molar-refractivity contribution in [3.05, 3.63) is 60.8 Å². The van der Waals surface area contributed by atoms with Crippen LogP contribution in [0.4, 0.5) is 0 Å². The van der Waals surface area contributed by atoms with Crippen molar-refractivity contribution >= 4 is 17.9 Å². The van der Waals surface area contributed by atoms with Crippen molar-refractivity contribution < 1.29 is 28.6 Å². The number of ether oxygens (including phenoxy) is 3. The predicted molar refractivity (Wildman–Crippen MR) is 335 cm³/mol. The van der Waals surface area contributed by atoms with Gasteiger partial charge in [0.15, 0.2) is 6.10 Å². The van der Waals surface area contributed by atoms with Crippen LogP contribution in [0.1, 0.15) is 355 Å². The van der Waals surface area contributed by atoms with E-state index < -0.39 is 6.10 Å². The van der Waals surface area contributed by atoms with Crippen molar-refractivity contribution in [2.75, 3.05) is 13.2 Å². The Morgan fingerprint density at radius 2 is 0.468 bits per heavy atom. The Hall–Kier alpha value is -2.89. The number of rotatable bonds is 62. The smallest absolute Gasteiger partial charge is 0.306 e. The molecule has 0 aliphatic rings. The van der Waals surface area contributed by atoms with Crippen molar-refractivity contribution in [3.63, 3.8) is 0 Å². The topological polar surface area (TPSA) is 78.9 Å².